The Bertz CT molecular complexity index is 503. The van der Waals surface area contributed by atoms with Gasteiger partial charge in [-0.25, -0.2) is 0 Å². The van der Waals surface area contributed by atoms with Gasteiger partial charge in [-0.15, -0.1) is 0 Å². The first-order valence-electron chi connectivity index (χ1n) is 8.03. The van der Waals surface area contributed by atoms with E-state index in [4.69, 9.17) is 5.11 Å². The SMILES string of the molecule is O=C(O)CCN1CCCC(N2CCCc3ccccc32)C1. The molecule has 0 bridgehead atoms. The first kappa shape index (κ1) is 14.4. The third-order valence-corrected chi connectivity index (χ3v) is 4.71. The summed E-state index contributed by atoms with van der Waals surface area (Å²) in [7, 11) is 0. The van der Waals surface area contributed by atoms with Gasteiger partial charge in [0.25, 0.3) is 0 Å². The number of benzene rings is 1. The topological polar surface area (TPSA) is 43.8 Å². The predicted molar refractivity (Wildman–Crippen MR) is 83.8 cm³/mol. The average Bonchev–Trinajstić information content (AvgIpc) is 2.52. The van der Waals surface area contributed by atoms with Crippen molar-refractivity contribution in [3.63, 3.8) is 0 Å². The van der Waals surface area contributed by atoms with Crippen molar-refractivity contribution in [2.45, 2.75) is 38.1 Å². The van der Waals surface area contributed by atoms with E-state index in [1.54, 1.807) is 0 Å². The van der Waals surface area contributed by atoms with E-state index in [1.807, 2.05) is 0 Å². The van der Waals surface area contributed by atoms with Crippen LogP contribution in [0.15, 0.2) is 24.3 Å². The molecule has 0 spiro atoms. The van der Waals surface area contributed by atoms with Crippen LogP contribution in [0.3, 0.4) is 0 Å². The van der Waals surface area contributed by atoms with Crippen LogP contribution in [0.1, 0.15) is 31.2 Å². The number of aliphatic carboxylic acids is 1. The lowest BCUT2D eigenvalue weighted by molar-refractivity contribution is -0.137. The van der Waals surface area contributed by atoms with Gasteiger partial charge < -0.3 is 14.9 Å². The molecular weight excluding hydrogens is 264 g/mol. The Morgan fingerprint density at radius 1 is 1.24 bits per heavy atom. The number of hydrogen-bond acceptors (Lipinski definition) is 3. The number of carboxylic acids is 1. The third-order valence-electron chi connectivity index (χ3n) is 4.71. The average molecular weight is 288 g/mol. The zero-order chi connectivity index (χ0) is 14.7. The molecule has 0 amide bonds. The lowest BCUT2D eigenvalue weighted by Crippen LogP contribution is -2.50. The molecule has 2 aliphatic rings. The molecule has 0 radical (unpaired) electrons. The standard InChI is InChI=1S/C17H24N2O2/c20-17(21)9-12-18-10-4-7-15(13-18)19-11-3-6-14-5-1-2-8-16(14)19/h1-2,5,8,15H,3-4,6-7,9-13H2,(H,20,21). The number of fused-ring (bicyclic) bond motifs is 1. The van der Waals surface area contributed by atoms with E-state index in [-0.39, 0.29) is 6.42 Å². The molecule has 1 aromatic rings. The number of piperidine rings is 1. The molecule has 3 rings (SSSR count). The lowest BCUT2D eigenvalue weighted by Gasteiger charge is -2.43. The fourth-order valence-corrected chi connectivity index (χ4v) is 3.68. The molecule has 0 aromatic heterocycles. The number of para-hydroxylation sites is 1. The summed E-state index contributed by atoms with van der Waals surface area (Å²) >= 11 is 0. The Labute approximate surface area is 126 Å². The van der Waals surface area contributed by atoms with E-state index in [1.165, 1.54) is 36.9 Å². The summed E-state index contributed by atoms with van der Waals surface area (Å²) in [5.74, 6) is -0.694. The van der Waals surface area contributed by atoms with Gasteiger partial charge in [0.05, 0.1) is 6.42 Å². The number of nitrogens with zero attached hydrogens (tertiary/aromatic N) is 2. The van der Waals surface area contributed by atoms with Crippen LogP contribution in [0, 0.1) is 0 Å². The Hall–Kier alpha value is -1.55. The van der Waals surface area contributed by atoms with Crippen LogP contribution < -0.4 is 4.90 Å². The van der Waals surface area contributed by atoms with Gasteiger partial charge in [0.1, 0.15) is 0 Å². The lowest BCUT2D eigenvalue weighted by atomic mass is 9.96. The van der Waals surface area contributed by atoms with E-state index in [0.717, 1.165) is 19.6 Å². The largest absolute Gasteiger partial charge is 0.481 e. The van der Waals surface area contributed by atoms with Crippen molar-refractivity contribution in [1.82, 2.24) is 4.90 Å². The van der Waals surface area contributed by atoms with Crippen molar-refractivity contribution in [2.75, 3.05) is 31.1 Å². The molecule has 2 aliphatic heterocycles. The van der Waals surface area contributed by atoms with E-state index in [0.29, 0.717) is 12.6 Å². The van der Waals surface area contributed by atoms with Crippen molar-refractivity contribution in [3.8, 4) is 0 Å². The van der Waals surface area contributed by atoms with Crippen molar-refractivity contribution < 1.29 is 9.90 Å². The first-order valence-corrected chi connectivity index (χ1v) is 8.03. The van der Waals surface area contributed by atoms with Gasteiger partial charge in [0, 0.05) is 31.4 Å². The fraction of sp³-hybridized carbons (Fsp3) is 0.588. The van der Waals surface area contributed by atoms with Crippen molar-refractivity contribution >= 4 is 11.7 Å². The van der Waals surface area contributed by atoms with Crippen LogP contribution in [-0.4, -0.2) is 48.2 Å². The van der Waals surface area contributed by atoms with Gasteiger partial charge >= 0.3 is 5.97 Å². The zero-order valence-corrected chi connectivity index (χ0v) is 12.5. The first-order chi connectivity index (χ1) is 10.2. The van der Waals surface area contributed by atoms with E-state index < -0.39 is 5.97 Å². The molecule has 0 saturated carbocycles. The maximum Gasteiger partial charge on any atom is 0.304 e. The minimum Gasteiger partial charge on any atom is -0.481 e. The minimum absolute atomic E-state index is 0.253. The number of carboxylic acid groups (broad SMARTS) is 1. The van der Waals surface area contributed by atoms with Crippen LogP contribution in [0.2, 0.25) is 0 Å². The van der Waals surface area contributed by atoms with Gasteiger partial charge in [0.2, 0.25) is 0 Å². The highest BCUT2D eigenvalue weighted by molar-refractivity contribution is 5.66. The van der Waals surface area contributed by atoms with Crippen LogP contribution in [0.25, 0.3) is 0 Å². The third kappa shape index (κ3) is 3.38. The van der Waals surface area contributed by atoms with E-state index in [2.05, 4.69) is 34.1 Å². The quantitative estimate of drug-likeness (QED) is 0.924. The number of aryl methyl sites for hydroxylation is 1. The number of carbonyl (C=O) groups is 1. The van der Waals surface area contributed by atoms with Crippen LogP contribution in [0.4, 0.5) is 5.69 Å². The summed E-state index contributed by atoms with van der Waals surface area (Å²) in [4.78, 5) is 15.6. The monoisotopic (exact) mass is 288 g/mol. The molecule has 0 aliphatic carbocycles. The highest BCUT2D eigenvalue weighted by Crippen LogP contribution is 2.31. The Morgan fingerprint density at radius 2 is 2.10 bits per heavy atom. The van der Waals surface area contributed by atoms with E-state index >= 15 is 0 Å². The Morgan fingerprint density at radius 3 is 2.95 bits per heavy atom. The highest BCUT2D eigenvalue weighted by atomic mass is 16.4. The molecule has 21 heavy (non-hydrogen) atoms. The molecule has 1 unspecified atom stereocenters. The Balaban J connectivity index is 1.68. The zero-order valence-electron chi connectivity index (χ0n) is 12.5. The Kier molecular flexibility index (Phi) is 4.44. The fourth-order valence-electron chi connectivity index (χ4n) is 3.68. The normalized spacial score (nSPS) is 22.9. The summed E-state index contributed by atoms with van der Waals surface area (Å²) in [6, 6.07) is 9.27. The molecular formula is C17H24N2O2. The van der Waals surface area contributed by atoms with Crippen molar-refractivity contribution in [2.24, 2.45) is 0 Å². The van der Waals surface area contributed by atoms with Crippen LogP contribution in [-0.2, 0) is 11.2 Å². The summed E-state index contributed by atoms with van der Waals surface area (Å²) in [6.07, 6.45) is 5.05. The molecule has 1 N–H and O–H groups in total. The molecule has 114 valence electrons. The molecule has 1 saturated heterocycles. The van der Waals surface area contributed by atoms with Crippen molar-refractivity contribution in [3.05, 3.63) is 29.8 Å². The minimum atomic E-state index is -0.694. The summed E-state index contributed by atoms with van der Waals surface area (Å²) in [5.41, 5.74) is 2.86. The summed E-state index contributed by atoms with van der Waals surface area (Å²) in [6.45, 7) is 3.86. The maximum atomic E-state index is 10.8. The molecule has 1 aromatic carbocycles. The number of rotatable bonds is 4. The number of likely N-dealkylation sites (tertiary alicyclic amines) is 1. The van der Waals surface area contributed by atoms with Crippen molar-refractivity contribution in [1.29, 1.82) is 0 Å². The second-order valence-corrected chi connectivity index (χ2v) is 6.17. The summed E-state index contributed by atoms with van der Waals surface area (Å²) < 4.78 is 0. The maximum absolute atomic E-state index is 10.8. The second-order valence-electron chi connectivity index (χ2n) is 6.17. The molecule has 1 atom stereocenters. The molecule has 1 fully saturated rings. The van der Waals surface area contributed by atoms with Gasteiger partial charge in [-0.3, -0.25) is 4.79 Å². The summed E-state index contributed by atoms with van der Waals surface area (Å²) in [5, 5.41) is 8.85. The smallest absolute Gasteiger partial charge is 0.304 e. The highest BCUT2D eigenvalue weighted by Gasteiger charge is 2.28. The number of hydrogen-bond donors (Lipinski definition) is 1. The molecule has 4 nitrogen and oxygen atoms in total. The van der Waals surface area contributed by atoms with Gasteiger partial charge in [0.15, 0.2) is 0 Å². The predicted octanol–water partition coefficient (Wildman–Crippen LogP) is 2.38. The molecule has 4 heteroatoms. The van der Waals surface area contributed by atoms with E-state index in [9.17, 15) is 4.79 Å². The second kappa shape index (κ2) is 6.48. The van der Waals surface area contributed by atoms with Gasteiger partial charge in [-0.05, 0) is 43.9 Å². The van der Waals surface area contributed by atoms with Crippen LogP contribution >= 0.6 is 0 Å². The molecule has 2 heterocycles. The van der Waals surface area contributed by atoms with Gasteiger partial charge in [-0.1, -0.05) is 18.2 Å². The van der Waals surface area contributed by atoms with Gasteiger partial charge in [-0.2, -0.15) is 0 Å². The van der Waals surface area contributed by atoms with Crippen LogP contribution in [0.5, 0.6) is 0 Å². The number of anilines is 1.